The monoisotopic (exact) mass is 423 g/mol. The van der Waals surface area contributed by atoms with Gasteiger partial charge >= 0.3 is 0 Å². The van der Waals surface area contributed by atoms with Gasteiger partial charge in [-0.15, -0.1) is 0 Å². The van der Waals surface area contributed by atoms with Crippen LogP contribution >= 0.6 is 0 Å². The number of hydrogen-bond donors (Lipinski definition) is 0. The van der Waals surface area contributed by atoms with Crippen LogP contribution in [0.5, 0.6) is 0 Å². The van der Waals surface area contributed by atoms with E-state index in [4.69, 9.17) is 4.74 Å². The van der Waals surface area contributed by atoms with Crippen molar-refractivity contribution in [2.75, 3.05) is 6.54 Å². The molecule has 1 aromatic rings. The predicted octanol–water partition coefficient (Wildman–Crippen LogP) is 1.40. The molecular weight excluding hydrogens is 397 g/mol. The van der Waals surface area contributed by atoms with Gasteiger partial charge in [0.05, 0.1) is 18.1 Å². The van der Waals surface area contributed by atoms with Gasteiger partial charge in [-0.25, -0.2) is 4.58 Å². The summed E-state index contributed by atoms with van der Waals surface area (Å²) in [7, 11) is 0. The van der Waals surface area contributed by atoms with Gasteiger partial charge in [0, 0.05) is 18.4 Å². The van der Waals surface area contributed by atoms with E-state index in [0.717, 1.165) is 6.42 Å². The van der Waals surface area contributed by atoms with Crippen molar-refractivity contribution in [3.63, 3.8) is 0 Å². The zero-order valence-corrected chi connectivity index (χ0v) is 16.3. The Morgan fingerprint density at radius 1 is 1.09 bits per heavy atom. The smallest absolute Gasteiger partial charge is 0.185 e. The van der Waals surface area contributed by atoms with E-state index in [0.29, 0.717) is 6.04 Å². The van der Waals surface area contributed by atoms with E-state index >= 15 is 0 Å². The molecule has 1 aromatic carbocycles. The highest BCUT2D eigenvalue weighted by molar-refractivity contribution is 5.98. The Morgan fingerprint density at radius 3 is 2.70 bits per heavy atom. The molecule has 0 aromatic heterocycles. The van der Waals surface area contributed by atoms with Crippen molar-refractivity contribution in [2.24, 2.45) is 0 Å². The fraction of sp³-hybridized carbons (Fsp3) is 0.550. The molecule has 23 heavy (non-hydrogen) atoms. The van der Waals surface area contributed by atoms with E-state index in [-0.39, 0.29) is 30.1 Å². The normalized spacial score (nSPS) is 23.0. The van der Waals surface area contributed by atoms with Crippen LogP contribution in [0, 0.1) is 0 Å². The highest BCUT2D eigenvalue weighted by Crippen LogP contribution is 2.40. The van der Waals surface area contributed by atoms with Crippen molar-refractivity contribution >= 4 is 5.71 Å². The van der Waals surface area contributed by atoms with Gasteiger partial charge in [0.15, 0.2) is 11.8 Å². The average molecular weight is 423 g/mol. The maximum atomic E-state index is 6.26. The number of rotatable bonds is 2. The van der Waals surface area contributed by atoms with Crippen molar-refractivity contribution in [1.29, 1.82) is 0 Å². The third-order valence-electron chi connectivity index (χ3n) is 5.29. The van der Waals surface area contributed by atoms with E-state index < -0.39 is 0 Å². The lowest BCUT2D eigenvalue weighted by molar-refractivity contribution is -0.579. The number of halogens is 1. The SMILES string of the molecule is CC(C)OC1=C2CCCCC2=[N+]2CCc3ccccc3C2C1.[I-]. The minimum absolute atomic E-state index is 0. The summed E-state index contributed by atoms with van der Waals surface area (Å²) in [6.07, 6.45) is 7.60. The molecular formula is C20H26INO. The van der Waals surface area contributed by atoms with E-state index in [2.05, 4.69) is 42.7 Å². The predicted molar refractivity (Wildman–Crippen MR) is 89.4 cm³/mol. The minimum atomic E-state index is 0. The van der Waals surface area contributed by atoms with Crippen LogP contribution in [0.25, 0.3) is 0 Å². The molecule has 0 amide bonds. The number of allylic oxidation sites excluding steroid dienone is 1. The van der Waals surface area contributed by atoms with Gasteiger partial charge < -0.3 is 28.7 Å². The molecule has 0 saturated heterocycles. The number of ether oxygens (including phenoxy) is 1. The van der Waals surface area contributed by atoms with Gasteiger partial charge in [-0.05, 0) is 38.7 Å². The second-order valence-corrected chi connectivity index (χ2v) is 7.08. The van der Waals surface area contributed by atoms with E-state index in [1.807, 2.05) is 0 Å². The molecule has 0 spiro atoms. The van der Waals surface area contributed by atoms with Gasteiger partial charge in [0.1, 0.15) is 12.3 Å². The second-order valence-electron chi connectivity index (χ2n) is 7.08. The Labute approximate surface area is 156 Å². The number of hydrogen-bond acceptors (Lipinski definition) is 1. The van der Waals surface area contributed by atoms with Crippen molar-refractivity contribution < 1.29 is 33.3 Å². The molecule has 1 saturated carbocycles. The molecule has 3 heteroatoms. The Bertz CT molecular complexity index is 659. The molecule has 0 bridgehead atoms. The first-order valence-corrected chi connectivity index (χ1v) is 8.83. The second kappa shape index (κ2) is 6.96. The van der Waals surface area contributed by atoms with Crippen LogP contribution in [0.2, 0.25) is 0 Å². The molecule has 0 N–H and O–H groups in total. The zero-order valence-electron chi connectivity index (χ0n) is 14.1. The van der Waals surface area contributed by atoms with Gasteiger partial charge in [0.2, 0.25) is 0 Å². The molecule has 3 aliphatic rings. The number of fused-ring (bicyclic) bond motifs is 4. The van der Waals surface area contributed by atoms with Crippen LogP contribution in [0.1, 0.15) is 63.1 Å². The van der Waals surface area contributed by atoms with Gasteiger partial charge in [0.25, 0.3) is 0 Å². The highest BCUT2D eigenvalue weighted by Gasteiger charge is 2.41. The number of nitrogens with zero attached hydrogens (tertiary/aromatic N) is 1. The van der Waals surface area contributed by atoms with Crippen LogP contribution in [-0.4, -0.2) is 22.9 Å². The fourth-order valence-corrected chi connectivity index (χ4v) is 4.40. The van der Waals surface area contributed by atoms with Gasteiger partial charge in [-0.3, -0.25) is 0 Å². The topological polar surface area (TPSA) is 12.2 Å². The van der Waals surface area contributed by atoms with E-state index in [1.165, 1.54) is 61.1 Å². The molecule has 124 valence electrons. The molecule has 4 rings (SSSR count). The summed E-state index contributed by atoms with van der Waals surface area (Å²) < 4.78 is 8.96. The lowest BCUT2D eigenvalue weighted by Gasteiger charge is -2.33. The third-order valence-corrected chi connectivity index (χ3v) is 5.29. The summed E-state index contributed by atoms with van der Waals surface area (Å²) >= 11 is 0. The molecule has 1 fully saturated rings. The summed E-state index contributed by atoms with van der Waals surface area (Å²) in [5, 5.41) is 0. The molecule has 1 aliphatic carbocycles. The third kappa shape index (κ3) is 3.09. The Kier molecular flexibility index (Phi) is 5.14. The summed E-state index contributed by atoms with van der Waals surface area (Å²) in [6.45, 7) is 5.48. The lowest BCUT2D eigenvalue weighted by atomic mass is 9.82. The van der Waals surface area contributed by atoms with Crippen molar-refractivity contribution in [1.82, 2.24) is 0 Å². The largest absolute Gasteiger partial charge is 1.00 e. The van der Waals surface area contributed by atoms with Crippen LogP contribution in [0.3, 0.4) is 0 Å². The first kappa shape index (κ1) is 17.0. The van der Waals surface area contributed by atoms with Crippen molar-refractivity contribution in [2.45, 2.75) is 64.5 Å². The van der Waals surface area contributed by atoms with Gasteiger partial charge in [-0.1, -0.05) is 24.3 Å². The van der Waals surface area contributed by atoms with Gasteiger partial charge in [-0.2, -0.15) is 0 Å². The molecule has 2 heterocycles. The van der Waals surface area contributed by atoms with E-state index in [9.17, 15) is 0 Å². The Hall–Kier alpha value is -0.840. The quantitative estimate of drug-likeness (QED) is 0.518. The lowest BCUT2D eigenvalue weighted by Crippen LogP contribution is -3.00. The maximum Gasteiger partial charge on any atom is 0.185 e. The van der Waals surface area contributed by atoms with Crippen molar-refractivity contribution in [3.8, 4) is 0 Å². The summed E-state index contributed by atoms with van der Waals surface area (Å²) in [4.78, 5) is 0. The standard InChI is InChI=1S/C20H26NO.HI/c1-14(2)22-20-13-19-16-8-4-3-7-15(16)11-12-21(19)18-10-6-5-9-17(18)20;/h3-4,7-8,14,19H,5-6,9-13H2,1-2H3;1H/q+1;/p-1. The Morgan fingerprint density at radius 2 is 1.87 bits per heavy atom. The molecule has 1 unspecified atom stereocenters. The first-order chi connectivity index (χ1) is 10.7. The highest BCUT2D eigenvalue weighted by atomic mass is 127. The minimum Gasteiger partial charge on any atom is -1.00 e. The maximum absolute atomic E-state index is 6.26. The number of benzene rings is 1. The Balaban J connectivity index is 0.00000156. The molecule has 2 aliphatic heterocycles. The summed E-state index contributed by atoms with van der Waals surface area (Å²) in [6, 6.07) is 9.50. The molecule has 1 atom stereocenters. The zero-order chi connectivity index (χ0) is 15.1. The summed E-state index contributed by atoms with van der Waals surface area (Å²) in [5.41, 5.74) is 6.19. The summed E-state index contributed by atoms with van der Waals surface area (Å²) in [5.74, 6) is 1.28. The average Bonchev–Trinajstić information content (AvgIpc) is 2.54. The van der Waals surface area contributed by atoms with Crippen molar-refractivity contribution in [3.05, 3.63) is 46.7 Å². The van der Waals surface area contributed by atoms with Crippen LogP contribution in [0.15, 0.2) is 35.6 Å². The molecule has 0 radical (unpaired) electrons. The fourth-order valence-electron chi connectivity index (χ4n) is 4.40. The van der Waals surface area contributed by atoms with Crippen LogP contribution in [-0.2, 0) is 11.2 Å². The molecule has 2 nitrogen and oxygen atoms in total. The van der Waals surface area contributed by atoms with Crippen LogP contribution < -0.4 is 24.0 Å². The van der Waals surface area contributed by atoms with E-state index in [1.54, 1.807) is 5.71 Å². The van der Waals surface area contributed by atoms with Crippen LogP contribution in [0.4, 0.5) is 0 Å². The first-order valence-electron chi connectivity index (χ1n) is 8.83.